The largest absolute Gasteiger partial charge is 0.328 e. The van der Waals surface area contributed by atoms with Crippen LogP contribution in [0.2, 0.25) is 0 Å². The summed E-state index contributed by atoms with van der Waals surface area (Å²) in [7, 11) is 0. The fourth-order valence-corrected chi connectivity index (χ4v) is 2.91. The van der Waals surface area contributed by atoms with Crippen molar-refractivity contribution in [2.75, 3.05) is 0 Å². The van der Waals surface area contributed by atoms with Crippen LogP contribution in [0, 0.1) is 5.92 Å². The average molecular weight is 319 g/mol. The number of pyridine rings is 1. The number of hydrogen-bond donors (Lipinski definition) is 1. The molecule has 0 saturated carbocycles. The Labute approximate surface area is 138 Å². The van der Waals surface area contributed by atoms with Crippen LogP contribution >= 0.6 is 0 Å². The number of aromatic amines is 1. The first-order valence-corrected chi connectivity index (χ1v) is 7.93. The molecule has 0 bridgehead atoms. The Morgan fingerprint density at radius 3 is 2.88 bits per heavy atom. The molecule has 0 atom stereocenters. The summed E-state index contributed by atoms with van der Waals surface area (Å²) in [5, 5.41) is 1.02. The lowest BCUT2D eigenvalue weighted by molar-refractivity contribution is 0.520. The van der Waals surface area contributed by atoms with Gasteiger partial charge in [0, 0.05) is 23.7 Å². The molecular formula is C18H17N5O. The number of H-pyrrole nitrogens is 1. The summed E-state index contributed by atoms with van der Waals surface area (Å²) in [5.41, 5.74) is 3.54. The normalized spacial score (nSPS) is 11.6. The van der Waals surface area contributed by atoms with E-state index in [2.05, 4.69) is 28.8 Å². The first-order chi connectivity index (χ1) is 11.6. The predicted octanol–water partition coefficient (Wildman–Crippen LogP) is 2.99. The Morgan fingerprint density at radius 2 is 2.04 bits per heavy atom. The molecule has 0 aliphatic rings. The maximum atomic E-state index is 12.2. The predicted molar refractivity (Wildman–Crippen MR) is 93.7 cm³/mol. The van der Waals surface area contributed by atoms with Crippen LogP contribution in [0.25, 0.3) is 33.5 Å². The molecule has 0 fully saturated rings. The van der Waals surface area contributed by atoms with E-state index in [4.69, 9.17) is 4.98 Å². The second-order valence-corrected chi connectivity index (χ2v) is 6.24. The molecule has 4 aromatic rings. The van der Waals surface area contributed by atoms with E-state index < -0.39 is 0 Å². The molecule has 0 unspecified atom stereocenters. The Bertz CT molecular complexity index is 1090. The fraction of sp³-hybridized carbons (Fsp3) is 0.222. The molecule has 0 aliphatic heterocycles. The van der Waals surface area contributed by atoms with Gasteiger partial charge in [-0.15, -0.1) is 0 Å². The van der Waals surface area contributed by atoms with E-state index in [0.717, 1.165) is 22.2 Å². The highest BCUT2D eigenvalue weighted by molar-refractivity contribution is 5.93. The van der Waals surface area contributed by atoms with Gasteiger partial charge in [-0.3, -0.25) is 14.5 Å². The van der Waals surface area contributed by atoms with Gasteiger partial charge in [-0.1, -0.05) is 32.0 Å². The molecule has 0 radical (unpaired) electrons. The average Bonchev–Trinajstić information content (AvgIpc) is 2.89. The number of fused-ring (bicyclic) bond motifs is 2. The molecule has 24 heavy (non-hydrogen) atoms. The van der Waals surface area contributed by atoms with Gasteiger partial charge in [-0.25, -0.2) is 14.8 Å². The van der Waals surface area contributed by atoms with E-state index in [0.29, 0.717) is 23.8 Å². The van der Waals surface area contributed by atoms with Crippen molar-refractivity contribution in [1.82, 2.24) is 24.5 Å². The Morgan fingerprint density at radius 1 is 1.17 bits per heavy atom. The molecule has 0 saturated heterocycles. The maximum Gasteiger partial charge on any atom is 0.328 e. The molecule has 4 rings (SSSR count). The second kappa shape index (κ2) is 5.56. The Hall–Kier alpha value is -3.02. The molecule has 0 aliphatic carbocycles. The van der Waals surface area contributed by atoms with Crippen molar-refractivity contribution >= 4 is 22.2 Å². The summed E-state index contributed by atoms with van der Waals surface area (Å²) < 4.78 is 1.65. The smallest absolute Gasteiger partial charge is 0.289 e. The van der Waals surface area contributed by atoms with Crippen LogP contribution in [0.3, 0.4) is 0 Å². The Balaban J connectivity index is 1.95. The monoisotopic (exact) mass is 319 g/mol. The van der Waals surface area contributed by atoms with Gasteiger partial charge in [0.05, 0.1) is 17.4 Å². The Kier molecular flexibility index (Phi) is 3.37. The van der Waals surface area contributed by atoms with Crippen molar-refractivity contribution in [1.29, 1.82) is 0 Å². The molecule has 3 heterocycles. The van der Waals surface area contributed by atoms with Crippen molar-refractivity contribution < 1.29 is 0 Å². The third kappa shape index (κ3) is 2.36. The van der Waals surface area contributed by atoms with Gasteiger partial charge in [0.15, 0.2) is 11.3 Å². The topological polar surface area (TPSA) is 76.5 Å². The zero-order valence-electron chi connectivity index (χ0n) is 13.5. The van der Waals surface area contributed by atoms with Gasteiger partial charge in [0.25, 0.3) is 0 Å². The van der Waals surface area contributed by atoms with Crippen LogP contribution in [-0.2, 0) is 6.54 Å². The molecule has 6 heteroatoms. The zero-order chi connectivity index (χ0) is 16.7. The summed E-state index contributed by atoms with van der Waals surface area (Å²) in [6.45, 7) is 4.74. The van der Waals surface area contributed by atoms with E-state index in [9.17, 15) is 4.79 Å². The zero-order valence-corrected chi connectivity index (χ0v) is 13.5. The van der Waals surface area contributed by atoms with Gasteiger partial charge < -0.3 is 0 Å². The van der Waals surface area contributed by atoms with Crippen LogP contribution in [0.5, 0.6) is 0 Å². The van der Waals surface area contributed by atoms with Gasteiger partial charge in [-0.05, 0) is 18.1 Å². The van der Waals surface area contributed by atoms with Gasteiger partial charge in [-0.2, -0.15) is 0 Å². The fourth-order valence-electron chi connectivity index (χ4n) is 2.91. The van der Waals surface area contributed by atoms with Crippen LogP contribution in [-0.4, -0.2) is 24.5 Å². The summed E-state index contributed by atoms with van der Waals surface area (Å²) in [5.74, 6) is 0.342. The maximum absolute atomic E-state index is 12.2. The number of aromatic nitrogens is 5. The molecule has 0 amide bonds. The van der Waals surface area contributed by atoms with E-state index in [-0.39, 0.29) is 5.69 Å². The summed E-state index contributed by atoms with van der Waals surface area (Å²) in [4.78, 5) is 28.4. The number of hydrogen-bond acceptors (Lipinski definition) is 4. The number of benzene rings is 1. The molecule has 1 N–H and O–H groups in total. The third-order valence-corrected chi connectivity index (χ3v) is 3.95. The second-order valence-electron chi connectivity index (χ2n) is 6.24. The minimum absolute atomic E-state index is 0.171. The quantitative estimate of drug-likeness (QED) is 0.630. The highest BCUT2D eigenvalue weighted by Gasteiger charge is 2.13. The first-order valence-electron chi connectivity index (χ1n) is 7.93. The van der Waals surface area contributed by atoms with Gasteiger partial charge >= 0.3 is 5.69 Å². The number of imidazole rings is 1. The lowest BCUT2D eigenvalue weighted by atomic mass is 10.1. The van der Waals surface area contributed by atoms with Crippen LogP contribution in [0.15, 0.2) is 47.5 Å². The van der Waals surface area contributed by atoms with Crippen LogP contribution in [0.4, 0.5) is 0 Å². The highest BCUT2D eigenvalue weighted by Crippen LogP contribution is 2.26. The lowest BCUT2D eigenvalue weighted by Gasteiger charge is -2.08. The van der Waals surface area contributed by atoms with Crippen LogP contribution in [0.1, 0.15) is 13.8 Å². The summed E-state index contributed by atoms with van der Waals surface area (Å²) in [6.07, 6.45) is 3.47. The summed E-state index contributed by atoms with van der Waals surface area (Å²) >= 11 is 0. The third-order valence-electron chi connectivity index (χ3n) is 3.95. The van der Waals surface area contributed by atoms with Gasteiger partial charge in [0.1, 0.15) is 0 Å². The molecule has 3 aromatic heterocycles. The van der Waals surface area contributed by atoms with Gasteiger partial charge in [0.2, 0.25) is 0 Å². The minimum Gasteiger partial charge on any atom is -0.289 e. The number of nitrogens with zero attached hydrogens (tertiary/aromatic N) is 4. The standard InChI is InChI=1S/C18H17N5O/c1-11(2)10-23-17-16(22-18(23)24)20-9-15(21-17)13-5-3-7-14-12(13)6-4-8-19-14/h3-9,11H,10H2,1-2H3,(H,20,22,24). The van der Waals surface area contributed by atoms with E-state index in [1.54, 1.807) is 17.0 Å². The minimum atomic E-state index is -0.171. The molecule has 0 spiro atoms. The van der Waals surface area contributed by atoms with E-state index >= 15 is 0 Å². The molecule has 6 nitrogen and oxygen atoms in total. The number of nitrogens with one attached hydrogen (secondary N) is 1. The lowest BCUT2D eigenvalue weighted by Crippen LogP contribution is -2.19. The van der Waals surface area contributed by atoms with Crippen LogP contribution < -0.4 is 5.69 Å². The van der Waals surface area contributed by atoms with Crippen molar-refractivity contribution in [2.24, 2.45) is 5.92 Å². The van der Waals surface area contributed by atoms with E-state index in [1.807, 2.05) is 30.3 Å². The molecule has 120 valence electrons. The first kappa shape index (κ1) is 14.6. The van der Waals surface area contributed by atoms with Crippen molar-refractivity contribution in [3.05, 3.63) is 53.2 Å². The number of rotatable bonds is 3. The SMILES string of the molecule is CC(C)Cn1c(=O)[nH]c2ncc(-c3cccc4ncccc34)nc21. The van der Waals surface area contributed by atoms with Crippen molar-refractivity contribution in [3.8, 4) is 11.3 Å². The molecular weight excluding hydrogens is 302 g/mol. The van der Waals surface area contributed by atoms with E-state index in [1.165, 1.54) is 0 Å². The van der Waals surface area contributed by atoms with Crippen molar-refractivity contribution in [3.63, 3.8) is 0 Å². The van der Waals surface area contributed by atoms with Crippen molar-refractivity contribution in [2.45, 2.75) is 20.4 Å². The highest BCUT2D eigenvalue weighted by atomic mass is 16.1. The molecule has 1 aromatic carbocycles. The summed E-state index contributed by atoms with van der Waals surface area (Å²) in [6, 6.07) is 9.84.